The third kappa shape index (κ3) is 3.55. The van der Waals surface area contributed by atoms with Gasteiger partial charge in [-0.2, -0.15) is 11.3 Å². The number of benzene rings is 1. The SMILES string of the molecule is C=C(CC)COc1ccc(C(=O)c2ccsc2)cc1. The number of ether oxygens (including phenoxy) is 1. The fraction of sp³-hybridized carbons (Fsp3) is 0.188. The zero-order valence-electron chi connectivity index (χ0n) is 10.9. The van der Waals surface area contributed by atoms with Crippen molar-refractivity contribution in [3.8, 4) is 5.75 Å². The van der Waals surface area contributed by atoms with Crippen LogP contribution in [0.15, 0.2) is 53.2 Å². The molecule has 0 bridgehead atoms. The summed E-state index contributed by atoms with van der Waals surface area (Å²) in [6.45, 7) is 6.46. The molecule has 3 heteroatoms. The summed E-state index contributed by atoms with van der Waals surface area (Å²) >= 11 is 1.52. The van der Waals surface area contributed by atoms with Crippen molar-refractivity contribution < 1.29 is 9.53 Å². The zero-order valence-corrected chi connectivity index (χ0v) is 11.7. The molecule has 0 radical (unpaired) electrons. The van der Waals surface area contributed by atoms with E-state index in [2.05, 4.69) is 6.58 Å². The predicted octanol–water partition coefficient (Wildman–Crippen LogP) is 4.32. The summed E-state index contributed by atoms with van der Waals surface area (Å²) in [5, 5.41) is 3.76. The van der Waals surface area contributed by atoms with Crippen LogP contribution in [-0.2, 0) is 0 Å². The lowest BCUT2D eigenvalue weighted by Gasteiger charge is -2.07. The number of carbonyl (C=O) groups is 1. The Morgan fingerprint density at radius 3 is 2.53 bits per heavy atom. The predicted molar refractivity (Wildman–Crippen MR) is 79.1 cm³/mol. The van der Waals surface area contributed by atoms with Gasteiger partial charge in [-0.15, -0.1) is 0 Å². The van der Waals surface area contributed by atoms with Crippen molar-refractivity contribution in [3.05, 3.63) is 64.4 Å². The van der Waals surface area contributed by atoms with Crippen LogP contribution >= 0.6 is 11.3 Å². The monoisotopic (exact) mass is 272 g/mol. The van der Waals surface area contributed by atoms with E-state index >= 15 is 0 Å². The average molecular weight is 272 g/mol. The molecule has 1 heterocycles. The van der Waals surface area contributed by atoms with E-state index in [0.29, 0.717) is 12.2 Å². The molecule has 0 spiro atoms. The summed E-state index contributed by atoms with van der Waals surface area (Å²) < 4.78 is 5.58. The van der Waals surface area contributed by atoms with Crippen LogP contribution < -0.4 is 4.74 Å². The molecular formula is C16H16O2S. The first-order valence-corrected chi connectivity index (χ1v) is 7.11. The molecule has 0 saturated carbocycles. The van der Waals surface area contributed by atoms with Gasteiger partial charge < -0.3 is 4.74 Å². The Hall–Kier alpha value is -1.87. The summed E-state index contributed by atoms with van der Waals surface area (Å²) in [7, 11) is 0. The molecule has 0 aliphatic heterocycles. The highest BCUT2D eigenvalue weighted by Gasteiger charge is 2.09. The smallest absolute Gasteiger partial charge is 0.193 e. The second-order valence-electron chi connectivity index (χ2n) is 4.26. The second-order valence-corrected chi connectivity index (χ2v) is 5.04. The Morgan fingerprint density at radius 1 is 1.21 bits per heavy atom. The van der Waals surface area contributed by atoms with Crippen molar-refractivity contribution >= 4 is 17.1 Å². The van der Waals surface area contributed by atoms with Gasteiger partial charge in [-0.1, -0.05) is 13.5 Å². The van der Waals surface area contributed by atoms with E-state index < -0.39 is 0 Å². The Bertz CT molecular complexity index is 553. The van der Waals surface area contributed by atoms with Crippen LogP contribution in [-0.4, -0.2) is 12.4 Å². The van der Waals surface area contributed by atoms with E-state index in [0.717, 1.165) is 23.3 Å². The van der Waals surface area contributed by atoms with Gasteiger partial charge in [0.2, 0.25) is 0 Å². The van der Waals surface area contributed by atoms with Crippen LogP contribution in [0.3, 0.4) is 0 Å². The number of rotatable bonds is 6. The molecule has 1 aromatic heterocycles. The van der Waals surface area contributed by atoms with Crippen molar-refractivity contribution in [3.63, 3.8) is 0 Å². The summed E-state index contributed by atoms with van der Waals surface area (Å²) in [5.41, 5.74) is 2.47. The molecule has 19 heavy (non-hydrogen) atoms. The van der Waals surface area contributed by atoms with Crippen molar-refractivity contribution in [1.29, 1.82) is 0 Å². The summed E-state index contributed by atoms with van der Waals surface area (Å²) in [5.74, 6) is 0.808. The molecule has 0 aliphatic carbocycles. The molecule has 0 atom stereocenters. The van der Waals surface area contributed by atoms with Crippen LogP contribution in [0, 0.1) is 0 Å². The highest BCUT2D eigenvalue weighted by molar-refractivity contribution is 7.08. The number of hydrogen-bond donors (Lipinski definition) is 0. The van der Waals surface area contributed by atoms with Crippen molar-refractivity contribution in [2.75, 3.05) is 6.61 Å². The first kappa shape index (κ1) is 13.6. The molecule has 1 aromatic carbocycles. The van der Waals surface area contributed by atoms with Crippen LogP contribution in [0.25, 0.3) is 0 Å². The third-order valence-electron chi connectivity index (χ3n) is 2.84. The Labute approximate surface area is 117 Å². The molecule has 0 saturated heterocycles. The summed E-state index contributed by atoms with van der Waals surface area (Å²) in [6.07, 6.45) is 0.911. The molecule has 0 amide bonds. The molecule has 0 unspecified atom stereocenters. The largest absolute Gasteiger partial charge is 0.489 e. The van der Waals surface area contributed by atoms with Crippen LogP contribution in [0.2, 0.25) is 0 Å². The van der Waals surface area contributed by atoms with Crippen molar-refractivity contribution in [2.45, 2.75) is 13.3 Å². The van der Waals surface area contributed by atoms with E-state index in [1.165, 1.54) is 11.3 Å². The van der Waals surface area contributed by atoms with E-state index in [1.807, 2.05) is 35.9 Å². The van der Waals surface area contributed by atoms with Gasteiger partial charge in [-0.25, -0.2) is 0 Å². The lowest BCUT2D eigenvalue weighted by atomic mass is 10.1. The second kappa shape index (κ2) is 6.34. The molecule has 0 N–H and O–H groups in total. The van der Waals surface area contributed by atoms with Crippen LogP contribution in [0.4, 0.5) is 0 Å². The highest BCUT2D eigenvalue weighted by atomic mass is 32.1. The standard InChI is InChI=1S/C16H16O2S/c1-3-12(2)10-18-15-6-4-13(5-7-15)16(17)14-8-9-19-11-14/h4-9,11H,2-3,10H2,1H3. The highest BCUT2D eigenvalue weighted by Crippen LogP contribution is 2.17. The van der Waals surface area contributed by atoms with Crippen molar-refractivity contribution in [1.82, 2.24) is 0 Å². The Kier molecular flexibility index (Phi) is 4.53. The minimum atomic E-state index is 0.0470. The van der Waals surface area contributed by atoms with E-state index in [4.69, 9.17) is 4.74 Å². The summed E-state index contributed by atoms with van der Waals surface area (Å²) in [4.78, 5) is 12.1. The average Bonchev–Trinajstić information content (AvgIpc) is 2.98. The maximum Gasteiger partial charge on any atom is 0.193 e. The van der Waals surface area contributed by atoms with Gasteiger partial charge in [-0.3, -0.25) is 4.79 Å². The van der Waals surface area contributed by atoms with Gasteiger partial charge in [-0.05, 0) is 47.7 Å². The lowest BCUT2D eigenvalue weighted by Crippen LogP contribution is -2.01. The minimum absolute atomic E-state index is 0.0470. The topological polar surface area (TPSA) is 26.3 Å². The Morgan fingerprint density at radius 2 is 1.95 bits per heavy atom. The van der Waals surface area contributed by atoms with Crippen LogP contribution in [0.5, 0.6) is 5.75 Å². The van der Waals surface area contributed by atoms with Gasteiger partial charge in [0.05, 0.1) is 0 Å². The molecular weight excluding hydrogens is 256 g/mol. The zero-order chi connectivity index (χ0) is 13.7. The fourth-order valence-electron chi connectivity index (χ4n) is 1.55. The fourth-order valence-corrected chi connectivity index (χ4v) is 2.19. The lowest BCUT2D eigenvalue weighted by molar-refractivity contribution is 0.103. The number of thiophene rings is 1. The van der Waals surface area contributed by atoms with Gasteiger partial charge in [0.15, 0.2) is 5.78 Å². The van der Waals surface area contributed by atoms with Crippen molar-refractivity contribution in [2.24, 2.45) is 0 Å². The van der Waals surface area contributed by atoms with Crippen LogP contribution in [0.1, 0.15) is 29.3 Å². The van der Waals surface area contributed by atoms with Gasteiger partial charge in [0, 0.05) is 16.5 Å². The van der Waals surface area contributed by atoms with E-state index in [-0.39, 0.29) is 5.78 Å². The van der Waals surface area contributed by atoms with Gasteiger partial charge >= 0.3 is 0 Å². The van der Waals surface area contributed by atoms with Gasteiger partial charge in [0.25, 0.3) is 0 Å². The summed E-state index contributed by atoms with van der Waals surface area (Å²) in [6, 6.07) is 9.07. The number of hydrogen-bond acceptors (Lipinski definition) is 3. The molecule has 0 fully saturated rings. The minimum Gasteiger partial charge on any atom is -0.489 e. The molecule has 98 valence electrons. The molecule has 2 nitrogen and oxygen atoms in total. The third-order valence-corrected chi connectivity index (χ3v) is 3.53. The Balaban J connectivity index is 2.02. The molecule has 2 aromatic rings. The maximum absolute atomic E-state index is 12.1. The van der Waals surface area contributed by atoms with E-state index in [1.54, 1.807) is 12.1 Å². The first-order valence-electron chi connectivity index (χ1n) is 6.17. The number of ketones is 1. The first-order chi connectivity index (χ1) is 9.20. The maximum atomic E-state index is 12.1. The van der Waals surface area contributed by atoms with E-state index in [9.17, 15) is 4.79 Å². The quantitative estimate of drug-likeness (QED) is 0.578. The van der Waals surface area contributed by atoms with Gasteiger partial charge in [0.1, 0.15) is 12.4 Å². The number of carbonyl (C=O) groups excluding carboxylic acids is 1. The molecule has 0 aliphatic rings. The normalized spacial score (nSPS) is 10.2. The molecule has 2 rings (SSSR count).